The molecule has 3 aromatic rings. The number of esters is 2. The molecule has 0 unspecified atom stereocenters. The van der Waals surface area contributed by atoms with E-state index in [1.165, 1.54) is 0 Å². The Kier molecular flexibility index (Phi) is 9.43. The molecule has 0 saturated heterocycles. The van der Waals surface area contributed by atoms with Crippen LogP contribution < -0.4 is 10.6 Å². The standard InChI is InChI=1S/C28H33N3O6/c1-28(2,3)37-25(33)14-20(13-21-16-29-23-12-8-7-11-22(21)23)27(35)31-17-26(34)36-18-24(32)30-15-19-9-5-4-6-10-19/h4-12,16,20,29H,13-15,17-18H2,1-3H3,(H,30,32)(H,31,35)/t20-/m1/s1. The number of hydrogen-bond acceptors (Lipinski definition) is 6. The van der Waals surface area contributed by atoms with Crippen molar-refractivity contribution in [2.45, 2.75) is 45.8 Å². The van der Waals surface area contributed by atoms with E-state index in [0.717, 1.165) is 22.0 Å². The normalized spacial score (nSPS) is 12.0. The first-order valence-electron chi connectivity index (χ1n) is 12.1. The van der Waals surface area contributed by atoms with Gasteiger partial charge in [-0.15, -0.1) is 0 Å². The molecular weight excluding hydrogens is 474 g/mol. The molecule has 0 aliphatic rings. The Labute approximate surface area is 215 Å². The molecular formula is C28H33N3O6. The van der Waals surface area contributed by atoms with Crippen LogP contribution in [0.15, 0.2) is 60.8 Å². The maximum absolute atomic E-state index is 13.0. The second-order valence-electron chi connectivity index (χ2n) is 9.69. The minimum absolute atomic E-state index is 0.153. The SMILES string of the molecule is CC(C)(C)OC(=O)C[C@@H](Cc1c[nH]c2ccccc12)C(=O)NCC(=O)OCC(=O)NCc1ccccc1. The predicted octanol–water partition coefficient (Wildman–Crippen LogP) is 3.03. The number of hydrogen-bond donors (Lipinski definition) is 3. The summed E-state index contributed by atoms with van der Waals surface area (Å²) >= 11 is 0. The fourth-order valence-corrected chi connectivity index (χ4v) is 3.76. The minimum atomic E-state index is -0.768. The zero-order valence-electron chi connectivity index (χ0n) is 21.3. The average Bonchev–Trinajstić information content (AvgIpc) is 3.26. The van der Waals surface area contributed by atoms with Gasteiger partial charge in [0.25, 0.3) is 5.91 Å². The van der Waals surface area contributed by atoms with Crippen LogP contribution in [0.25, 0.3) is 10.9 Å². The number of amides is 2. The number of fused-ring (bicyclic) bond motifs is 1. The minimum Gasteiger partial charge on any atom is -0.460 e. The monoisotopic (exact) mass is 507 g/mol. The van der Waals surface area contributed by atoms with Gasteiger partial charge in [0.1, 0.15) is 12.1 Å². The highest BCUT2D eigenvalue weighted by atomic mass is 16.6. The topological polar surface area (TPSA) is 127 Å². The van der Waals surface area contributed by atoms with Crippen LogP contribution in [-0.4, -0.2) is 47.5 Å². The lowest BCUT2D eigenvalue weighted by molar-refractivity contribution is -0.157. The van der Waals surface area contributed by atoms with Crippen LogP contribution >= 0.6 is 0 Å². The molecule has 1 heterocycles. The van der Waals surface area contributed by atoms with Gasteiger partial charge < -0.3 is 25.1 Å². The maximum Gasteiger partial charge on any atom is 0.325 e. The Morgan fingerprint density at radius 1 is 0.919 bits per heavy atom. The molecule has 3 rings (SSSR count). The number of carbonyl (C=O) groups excluding carboxylic acids is 4. The van der Waals surface area contributed by atoms with E-state index in [1.54, 1.807) is 20.8 Å². The van der Waals surface area contributed by atoms with Gasteiger partial charge in [-0.3, -0.25) is 19.2 Å². The first-order valence-corrected chi connectivity index (χ1v) is 12.1. The van der Waals surface area contributed by atoms with E-state index in [2.05, 4.69) is 15.6 Å². The highest BCUT2D eigenvalue weighted by Gasteiger charge is 2.27. The van der Waals surface area contributed by atoms with E-state index in [1.807, 2.05) is 60.8 Å². The van der Waals surface area contributed by atoms with Crippen molar-refractivity contribution in [1.82, 2.24) is 15.6 Å². The summed E-state index contributed by atoms with van der Waals surface area (Å²) in [5.41, 5.74) is 2.02. The van der Waals surface area contributed by atoms with Crippen molar-refractivity contribution in [3.8, 4) is 0 Å². The number of aromatic nitrogens is 1. The number of carbonyl (C=O) groups is 4. The summed E-state index contributed by atoms with van der Waals surface area (Å²) in [7, 11) is 0. The summed E-state index contributed by atoms with van der Waals surface area (Å²) < 4.78 is 10.4. The fourth-order valence-electron chi connectivity index (χ4n) is 3.76. The molecule has 9 nitrogen and oxygen atoms in total. The Balaban J connectivity index is 1.53. The summed E-state index contributed by atoms with van der Waals surface area (Å²) in [4.78, 5) is 52.7. The second kappa shape index (κ2) is 12.7. The molecule has 0 spiro atoms. The van der Waals surface area contributed by atoms with E-state index in [9.17, 15) is 19.2 Å². The third-order valence-corrected chi connectivity index (χ3v) is 5.45. The van der Waals surface area contributed by atoms with Crippen molar-refractivity contribution in [2.24, 2.45) is 5.92 Å². The van der Waals surface area contributed by atoms with Crippen LogP contribution in [0.5, 0.6) is 0 Å². The maximum atomic E-state index is 13.0. The summed E-state index contributed by atoms with van der Waals surface area (Å²) in [6.07, 6.45) is 1.92. The van der Waals surface area contributed by atoms with Gasteiger partial charge >= 0.3 is 11.9 Å². The van der Waals surface area contributed by atoms with Gasteiger partial charge in [0.05, 0.1) is 12.3 Å². The van der Waals surface area contributed by atoms with Gasteiger partial charge in [0.15, 0.2) is 6.61 Å². The molecule has 9 heteroatoms. The van der Waals surface area contributed by atoms with E-state index in [-0.39, 0.29) is 12.8 Å². The van der Waals surface area contributed by atoms with Gasteiger partial charge in [-0.25, -0.2) is 0 Å². The molecule has 0 saturated carbocycles. The molecule has 0 aliphatic carbocycles. The van der Waals surface area contributed by atoms with Crippen LogP contribution in [0, 0.1) is 5.92 Å². The number of nitrogens with one attached hydrogen (secondary N) is 3. The summed E-state index contributed by atoms with van der Waals surface area (Å²) in [5, 5.41) is 6.14. The fraction of sp³-hybridized carbons (Fsp3) is 0.357. The third-order valence-electron chi connectivity index (χ3n) is 5.45. The Hall–Kier alpha value is -4.14. The number of H-pyrrole nitrogens is 1. The zero-order chi connectivity index (χ0) is 26.8. The molecule has 1 aromatic heterocycles. The smallest absolute Gasteiger partial charge is 0.325 e. The van der Waals surface area contributed by atoms with Crippen molar-refractivity contribution in [2.75, 3.05) is 13.2 Å². The Morgan fingerprint density at radius 3 is 2.35 bits per heavy atom. The Morgan fingerprint density at radius 2 is 1.62 bits per heavy atom. The first-order chi connectivity index (χ1) is 17.6. The number of aromatic amines is 1. The van der Waals surface area contributed by atoms with Crippen molar-refractivity contribution in [3.63, 3.8) is 0 Å². The molecule has 0 aliphatic heterocycles. The molecule has 2 aromatic carbocycles. The van der Waals surface area contributed by atoms with E-state index >= 15 is 0 Å². The molecule has 0 radical (unpaired) electrons. The van der Waals surface area contributed by atoms with Crippen molar-refractivity contribution >= 4 is 34.7 Å². The van der Waals surface area contributed by atoms with Crippen LogP contribution in [0.1, 0.15) is 38.3 Å². The molecule has 0 fully saturated rings. The first kappa shape index (κ1) is 27.4. The summed E-state index contributed by atoms with van der Waals surface area (Å²) in [6.45, 7) is 4.69. The van der Waals surface area contributed by atoms with Crippen molar-refractivity contribution in [1.29, 1.82) is 0 Å². The largest absolute Gasteiger partial charge is 0.460 e. The lowest BCUT2D eigenvalue weighted by atomic mass is 9.94. The van der Waals surface area contributed by atoms with Gasteiger partial charge in [-0.2, -0.15) is 0 Å². The molecule has 3 N–H and O–H groups in total. The summed E-state index contributed by atoms with van der Waals surface area (Å²) in [6, 6.07) is 17.0. The van der Waals surface area contributed by atoms with Crippen molar-refractivity contribution < 1.29 is 28.7 Å². The summed E-state index contributed by atoms with van der Waals surface area (Å²) in [5.74, 6) is -2.97. The van der Waals surface area contributed by atoms with Crippen LogP contribution in [0.3, 0.4) is 0 Å². The lowest BCUT2D eigenvalue weighted by Crippen LogP contribution is -2.38. The zero-order valence-corrected chi connectivity index (χ0v) is 21.3. The molecule has 2 amide bonds. The third kappa shape index (κ3) is 9.10. The van der Waals surface area contributed by atoms with Crippen LogP contribution in [-0.2, 0) is 41.6 Å². The van der Waals surface area contributed by atoms with E-state index in [4.69, 9.17) is 9.47 Å². The second-order valence-corrected chi connectivity index (χ2v) is 9.69. The molecule has 37 heavy (non-hydrogen) atoms. The van der Waals surface area contributed by atoms with E-state index in [0.29, 0.717) is 6.54 Å². The average molecular weight is 508 g/mol. The predicted molar refractivity (Wildman–Crippen MR) is 138 cm³/mol. The van der Waals surface area contributed by atoms with Gasteiger partial charge in [0.2, 0.25) is 5.91 Å². The number of ether oxygens (including phenoxy) is 2. The number of para-hydroxylation sites is 1. The van der Waals surface area contributed by atoms with Gasteiger partial charge in [-0.1, -0.05) is 48.5 Å². The number of benzene rings is 2. The molecule has 0 bridgehead atoms. The Bertz CT molecular complexity index is 1230. The highest BCUT2D eigenvalue weighted by Crippen LogP contribution is 2.23. The van der Waals surface area contributed by atoms with Crippen LogP contribution in [0.2, 0.25) is 0 Å². The molecule has 1 atom stereocenters. The highest BCUT2D eigenvalue weighted by molar-refractivity contribution is 5.89. The quantitative estimate of drug-likeness (QED) is 0.343. The number of rotatable bonds is 11. The molecule has 196 valence electrons. The van der Waals surface area contributed by atoms with Gasteiger partial charge in [0, 0.05) is 23.6 Å². The van der Waals surface area contributed by atoms with Crippen molar-refractivity contribution in [3.05, 3.63) is 71.9 Å². The van der Waals surface area contributed by atoms with Gasteiger partial charge in [-0.05, 0) is 44.4 Å². The van der Waals surface area contributed by atoms with E-state index < -0.39 is 48.4 Å². The lowest BCUT2D eigenvalue weighted by Gasteiger charge is -2.22. The van der Waals surface area contributed by atoms with Crippen LogP contribution in [0.4, 0.5) is 0 Å².